The topological polar surface area (TPSA) is 41.6 Å². The third kappa shape index (κ3) is 5.17. The summed E-state index contributed by atoms with van der Waals surface area (Å²) in [5, 5.41) is 4.18. The summed E-state index contributed by atoms with van der Waals surface area (Å²) in [5.41, 5.74) is 2.47. The van der Waals surface area contributed by atoms with E-state index in [1.807, 2.05) is 49.4 Å². The van der Waals surface area contributed by atoms with Crippen molar-refractivity contribution in [2.45, 2.75) is 20.0 Å². The van der Waals surface area contributed by atoms with Crippen LogP contribution in [0.25, 0.3) is 6.08 Å². The summed E-state index contributed by atoms with van der Waals surface area (Å²) in [6, 6.07) is 11.6. The van der Waals surface area contributed by atoms with Gasteiger partial charge in [0.15, 0.2) is 5.11 Å². The molecule has 1 fully saturated rings. The molecule has 0 spiro atoms. The van der Waals surface area contributed by atoms with Crippen LogP contribution in [0.1, 0.15) is 24.5 Å². The van der Waals surface area contributed by atoms with Crippen LogP contribution in [0.15, 0.2) is 42.1 Å². The Bertz CT molecular complexity index is 925. The van der Waals surface area contributed by atoms with Crippen LogP contribution < -0.4 is 10.1 Å². The molecule has 1 amide bonds. The molecule has 4 nitrogen and oxygen atoms in total. The average Bonchev–Trinajstić information content (AvgIpc) is 2.90. The number of halogens is 3. The quantitative estimate of drug-likeness (QED) is 0.255. The minimum absolute atomic E-state index is 0.0834. The number of hydrogen-bond donors (Lipinski definition) is 1. The van der Waals surface area contributed by atoms with Crippen molar-refractivity contribution in [3.8, 4) is 5.75 Å². The maximum Gasteiger partial charge on any atom is 0.276 e. The molecule has 0 unspecified atom stereocenters. The molecule has 3 rings (SSSR count). The maximum absolute atomic E-state index is 12.5. The predicted molar refractivity (Wildman–Crippen MR) is 133 cm³/mol. The zero-order chi connectivity index (χ0) is 20.3. The van der Waals surface area contributed by atoms with Gasteiger partial charge < -0.3 is 10.1 Å². The van der Waals surface area contributed by atoms with E-state index in [0.717, 1.165) is 30.4 Å². The fraction of sp³-hybridized carbons (Fsp3) is 0.200. The molecule has 1 aliphatic rings. The molecule has 1 aliphatic heterocycles. The first-order valence-corrected chi connectivity index (χ1v) is 11.5. The molecule has 0 atom stereocenters. The lowest BCUT2D eigenvalue weighted by Crippen LogP contribution is -2.31. The summed E-state index contributed by atoms with van der Waals surface area (Å²) < 4.78 is 7.97. The second-order valence-electron chi connectivity index (χ2n) is 6.17. The first-order chi connectivity index (χ1) is 13.4. The van der Waals surface area contributed by atoms with E-state index in [1.54, 1.807) is 4.90 Å². The lowest BCUT2D eigenvalue weighted by Gasteiger charge is -2.12. The van der Waals surface area contributed by atoms with Crippen LogP contribution in [0, 0.1) is 7.14 Å². The van der Waals surface area contributed by atoms with Gasteiger partial charge in [-0.25, -0.2) is 0 Å². The summed E-state index contributed by atoms with van der Waals surface area (Å²) in [7, 11) is 0. The molecular weight excluding hydrogens is 622 g/mol. The Morgan fingerprint density at radius 2 is 1.86 bits per heavy atom. The number of carbonyl (C=O) groups is 1. The van der Waals surface area contributed by atoms with Crippen molar-refractivity contribution in [3.63, 3.8) is 0 Å². The molecule has 1 saturated heterocycles. The molecular formula is C20H17ClI2N2O2S. The zero-order valence-corrected chi connectivity index (χ0v) is 20.9. The number of thiocarbonyl (C=S) groups is 1. The summed E-state index contributed by atoms with van der Waals surface area (Å²) in [5.74, 6) is 0.743. The Labute approximate surface area is 201 Å². The molecule has 1 heterocycles. The standard InChI is InChI=1S/C20H17ClI2N2O2S/c1-2-7-25-19(26)17(24-20(25)28)10-13-8-15(22)18(16(23)9-13)27-11-12-3-5-14(21)6-4-12/h3-6,8-10H,2,7,11H2,1H3,(H,24,28)/b17-10-. The number of ether oxygens (including phenoxy) is 1. The number of carbonyl (C=O) groups excluding carboxylic acids is 1. The Balaban J connectivity index is 1.77. The van der Waals surface area contributed by atoms with Crippen molar-refractivity contribution < 1.29 is 9.53 Å². The van der Waals surface area contributed by atoms with Gasteiger partial charge in [-0.1, -0.05) is 30.7 Å². The van der Waals surface area contributed by atoms with E-state index in [-0.39, 0.29) is 5.91 Å². The lowest BCUT2D eigenvalue weighted by atomic mass is 10.2. The number of hydrogen-bond acceptors (Lipinski definition) is 3. The van der Waals surface area contributed by atoms with Gasteiger partial charge in [0.1, 0.15) is 18.1 Å². The van der Waals surface area contributed by atoms with Crippen LogP contribution in [-0.2, 0) is 11.4 Å². The van der Waals surface area contributed by atoms with E-state index in [0.29, 0.717) is 29.0 Å². The van der Waals surface area contributed by atoms with Crippen LogP contribution in [-0.4, -0.2) is 22.5 Å². The fourth-order valence-corrected chi connectivity index (χ4v) is 5.24. The summed E-state index contributed by atoms with van der Waals surface area (Å²) in [6.45, 7) is 3.10. The molecule has 28 heavy (non-hydrogen) atoms. The van der Waals surface area contributed by atoms with Crippen LogP contribution in [0.4, 0.5) is 0 Å². The van der Waals surface area contributed by atoms with Crippen LogP contribution in [0.3, 0.4) is 0 Å². The third-order valence-corrected chi connectivity index (χ3v) is 6.21. The van der Waals surface area contributed by atoms with Crippen molar-refractivity contribution in [2.24, 2.45) is 0 Å². The molecule has 0 aromatic heterocycles. The van der Waals surface area contributed by atoms with Gasteiger partial charge in [0.25, 0.3) is 5.91 Å². The highest BCUT2D eigenvalue weighted by atomic mass is 127. The number of amides is 1. The van der Waals surface area contributed by atoms with Crippen molar-refractivity contribution in [1.82, 2.24) is 10.2 Å². The highest BCUT2D eigenvalue weighted by molar-refractivity contribution is 14.1. The molecule has 2 aromatic carbocycles. The predicted octanol–water partition coefficient (Wildman–Crippen LogP) is 5.60. The minimum Gasteiger partial charge on any atom is -0.487 e. The zero-order valence-electron chi connectivity index (χ0n) is 15.0. The molecule has 0 aliphatic carbocycles. The van der Waals surface area contributed by atoms with Crippen molar-refractivity contribution in [1.29, 1.82) is 0 Å². The average molecular weight is 639 g/mol. The van der Waals surface area contributed by atoms with Gasteiger partial charge in [-0.3, -0.25) is 9.69 Å². The lowest BCUT2D eigenvalue weighted by molar-refractivity contribution is -0.122. The van der Waals surface area contributed by atoms with Crippen molar-refractivity contribution in [3.05, 3.63) is 65.4 Å². The number of nitrogens with zero attached hydrogens (tertiary/aromatic N) is 1. The maximum atomic E-state index is 12.5. The van der Waals surface area contributed by atoms with E-state index < -0.39 is 0 Å². The van der Waals surface area contributed by atoms with E-state index >= 15 is 0 Å². The van der Waals surface area contributed by atoms with Gasteiger partial charge in [0, 0.05) is 11.6 Å². The largest absolute Gasteiger partial charge is 0.487 e. The Morgan fingerprint density at radius 1 is 1.21 bits per heavy atom. The minimum atomic E-state index is -0.0834. The second kappa shape index (κ2) is 9.73. The molecule has 1 N–H and O–H groups in total. The molecule has 0 saturated carbocycles. The normalized spacial score (nSPS) is 15.3. The smallest absolute Gasteiger partial charge is 0.276 e. The van der Waals surface area contributed by atoms with Crippen molar-refractivity contribution in [2.75, 3.05) is 6.54 Å². The summed E-state index contributed by atoms with van der Waals surface area (Å²) >= 11 is 15.7. The Hall–Kier alpha value is -0.910. The third-order valence-electron chi connectivity index (χ3n) is 4.04. The van der Waals surface area contributed by atoms with E-state index in [2.05, 4.69) is 50.5 Å². The molecule has 2 aromatic rings. The summed E-state index contributed by atoms with van der Waals surface area (Å²) in [6.07, 6.45) is 2.69. The van der Waals surface area contributed by atoms with E-state index in [1.165, 1.54) is 0 Å². The van der Waals surface area contributed by atoms with Gasteiger partial charge in [0.2, 0.25) is 0 Å². The summed E-state index contributed by atoms with van der Waals surface area (Å²) in [4.78, 5) is 14.1. The molecule has 146 valence electrons. The van der Waals surface area contributed by atoms with Crippen LogP contribution in [0.2, 0.25) is 5.02 Å². The monoisotopic (exact) mass is 638 g/mol. The second-order valence-corrected chi connectivity index (χ2v) is 9.32. The number of nitrogens with one attached hydrogen (secondary N) is 1. The van der Waals surface area contributed by atoms with Gasteiger partial charge in [0.05, 0.1) is 7.14 Å². The molecule has 0 radical (unpaired) electrons. The number of rotatable bonds is 6. The molecule has 8 heteroatoms. The fourth-order valence-electron chi connectivity index (χ4n) is 2.70. The first-order valence-electron chi connectivity index (χ1n) is 8.60. The molecule has 0 bridgehead atoms. The van der Waals surface area contributed by atoms with Crippen molar-refractivity contribution >= 4 is 86.1 Å². The van der Waals surface area contributed by atoms with Crippen LogP contribution >= 0.6 is 69.0 Å². The van der Waals surface area contributed by atoms with Gasteiger partial charge in [-0.15, -0.1) is 0 Å². The number of benzene rings is 2. The Morgan fingerprint density at radius 3 is 2.46 bits per heavy atom. The van der Waals surface area contributed by atoms with E-state index in [4.69, 9.17) is 28.6 Å². The first kappa shape index (κ1) is 21.8. The Kier molecular flexibility index (Phi) is 7.57. The van der Waals surface area contributed by atoms with E-state index in [9.17, 15) is 4.79 Å². The van der Waals surface area contributed by atoms with Gasteiger partial charge in [-0.05, 0) is 105 Å². The van der Waals surface area contributed by atoms with Gasteiger partial charge in [-0.2, -0.15) is 0 Å². The highest BCUT2D eigenvalue weighted by Gasteiger charge is 2.29. The highest BCUT2D eigenvalue weighted by Crippen LogP contribution is 2.31. The van der Waals surface area contributed by atoms with Crippen LogP contribution in [0.5, 0.6) is 5.75 Å². The SMILES string of the molecule is CCCN1C(=O)/C(=C/c2cc(I)c(OCc3ccc(Cl)cc3)c(I)c2)NC1=S. The van der Waals surface area contributed by atoms with Gasteiger partial charge >= 0.3 is 0 Å².